The van der Waals surface area contributed by atoms with Gasteiger partial charge in [0.15, 0.2) is 0 Å². The van der Waals surface area contributed by atoms with Crippen LogP contribution in [0.1, 0.15) is 19.8 Å². The molecule has 0 bridgehead atoms. The molecule has 1 heterocycles. The Balaban J connectivity index is 1.60. The average molecular weight is 355 g/mol. The normalized spacial score (nSPS) is 20.7. The molecule has 24 heavy (non-hydrogen) atoms. The molecule has 0 spiro atoms. The van der Waals surface area contributed by atoms with Crippen molar-refractivity contribution in [1.29, 1.82) is 0 Å². The van der Waals surface area contributed by atoms with Crippen molar-refractivity contribution in [3.8, 4) is 0 Å². The molecule has 132 valence electrons. The third-order valence-corrected chi connectivity index (χ3v) is 6.59. The molecule has 2 amide bonds. The number of amides is 2. The van der Waals surface area contributed by atoms with Gasteiger partial charge < -0.3 is 10.2 Å². The third kappa shape index (κ3) is 3.54. The molecule has 3 rings (SSSR count). The second-order valence-corrected chi connectivity index (χ2v) is 8.30. The smallest absolute Gasteiger partial charge is 0.317 e. The van der Waals surface area contributed by atoms with Gasteiger partial charge in [-0.2, -0.15) is 4.31 Å². The van der Waals surface area contributed by atoms with Crippen LogP contribution in [0.5, 0.6) is 0 Å². The van der Waals surface area contributed by atoms with Crippen molar-refractivity contribution in [1.82, 2.24) is 14.5 Å². The lowest BCUT2D eigenvalue weighted by Gasteiger charge is -2.34. The molecule has 8 heteroatoms. The van der Waals surface area contributed by atoms with Gasteiger partial charge in [0.1, 0.15) is 10.7 Å². The van der Waals surface area contributed by atoms with Crippen LogP contribution in [0.3, 0.4) is 0 Å². The summed E-state index contributed by atoms with van der Waals surface area (Å²) in [5, 5.41) is 2.96. The molecule has 0 unspecified atom stereocenters. The maximum atomic E-state index is 13.8. The predicted molar refractivity (Wildman–Crippen MR) is 87.4 cm³/mol. The summed E-state index contributed by atoms with van der Waals surface area (Å²) in [4.78, 5) is 13.5. The first-order valence-electron chi connectivity index (χ1n) is 8.19. The molecule has 1 aromatic rings. The Morgan fingerprint density at radius 3 is 2.42 bits per heavy atom. The van der Waals surface area contributed by atoms with Crippen molar-refractivity contribution in [2.75, 3.05) is 26.2 Å². The van der Waals surface area contributed by atoms with E-state index in [0.717, 1.165) is 18.9 Å². The molecule has 0 radical (unpaired) electrons. The zero-order chi connectivity index (χ0) is 17.3. The molecule has 2 fully saturated rings. The summed E-state index contributed by atoms with van der Waals surface area (Å²) in [5.41, 5.74) is 0. The Kier molecular flexibility index (Phi) is 4.78. The van der Waals surface area contributed by atoms with Crippen molar-refractivity contribution >= 4 is 16.1 Å². The lowest BCUT2D eigenvalue weighted by Crippen LogP contribution is -2.54. The average Bonchev–Trinajstić information content (AvgIpc) is 3.40. The lowest BCUT2D eigenvalue weighted by molar-refractivity contribution is 0.168. The quantitative estimate of drug-likeness (QED) is 0.893. The zero-order valence-electron chi connectivity index (χ0n) is 13.6. The topological polar surface area (TPSA) is 69.7 Å². The Labute approximate surface area is 141 Å². The molecule has 2 aliphatic rings. The van der Waals surface area contributed by atoms with Gasteiger partial charge in [0, 0.05) is 32.2 Å². The number of rotatable bonds is 4. The first-order valence-corrected chi connectivity index (χ1v) is 9.63. The number of carbonyl (C=O) groups excluding carboxylic acids is 1. The molecular formula is C16H22FN3O3S. The van der Waals surface area contributed by atoms with Crippen molar-refractivity contribution in [2.24, 2.45) is 5.92 Å². The second kappa shape index (κ2) is 6.68. The molecule has 6 nitrogen and oxygen atoms in total. The van der Waals surface area contributed by atoms with E-state index in [-0.39, 0.29) is 30.1 Å². The first-order chi connectivity index (χ1) is 11.4. The minimum Gasteiger partial charge on any atom is -0.335 e. The van der Waals surface area contributed by atoms with Crippen LogP contribution in [0, 0.1) is 11.7 Å². The number of hydrogen-bond acceptors (Lipinski definition) is 3. The van der Waals surface area contributed by atoms with Gasteiger partial charge >= 0.3 is 6.03 Å². The molecule has 1 saturated heterocycles. The van der Waals surface area contributed by atoms with Crippen LogP contribution in [0.4, 0.5) is 9.18 Å². The summed E-state index contributed by atoms with van der Waals surface area (Å²) in [7, 11) is -3.87. The fourth-order valence-corrected chi connectivity index (χ4v) is 4.41. The third-order valence-electron chi connectivity index (χ3n) is 4.66. The van der Waals surface area contributed by atoms with Crippen LogP contribution >= 0.6 is 0 Å². The van der Waals surface area contributed by atoms with E-state index in [1.807, 2.05) is 6.92 Å². The summed E-state index contributed by atoms with van der Waals surface area (Å²) >= 11 is 0. The van der Waals surface area contributed by atoms with Crippen LogP contribution < -0.4 is 5.32 Å². The predicted octanol–water partition coefficient (Wildman–Crippen LogP) is 1.64. The molecular weight excluding hydrogens is 333 g/mol. The fraction of sp³-hybridized carbons (Fsp3) is 0.562. The van der Waals surface area contributed by atoms with Crippen molar-refractivity contribution in [3.05, 3.63) is 30.1 Å². The van der Waals surface area contributed by atoms with E-state index in [2.05, 4.69) is 5.32 Å². The standard InChI is InChI=1S/C16H22FN3O3S/c1-12(13-6-7-13)18-16(21)19-8-10-20(11-9-19)24(22,23)15-5-3-2-4-14(15)17/h2-5,12-13H,6-11H2,1H3,(H,18,21)/t12-/m0/s1. The summed E-state index contributed by atoms with van der Waals surface area (Å²) in [6.07, 6.45) is 2.30. The Morgan fingerprint density at radius 2 is 1.83 bits per heavy atom. The lowest BCUT2D eigenvalue weighted by atomic mass is 10.2. The molecule has 1 atom stereocenters. The van der Waals surface area contributed by atoms with Gasteiger partial charge in [0.2, 0.25) is 10.0 Å². The monoisotopic (exact) mass is 355 g/mol. The van der Waals surface area contributed by atoms with Gasteiger partial charge in [0.25, 0.3) is 0 Å². The van der Waals surface area contributed by atoms with Crippen LogP contribution in [0.15, 0.2) is 29.2 Å². The van der Waals surface area contributed by atoms with Gasteiger partial charge in [-0.3, -0.25) is 0 Å². The Bertz CT molecular complexity index is 713. The highest BCUT2D eigenvalue weighted by atomic mass is 32.2. The van der Waals surface area contributed by atoms with E-state index in [9.17, 15) is 17.6 Å². The van der Waals surface area contributed by atoms with Gasteiger partial charge in [-0.05, 0) is 37.8 Å². The van der Waals surface area contributed by atoms with E-state index in [0.29, 0.717) is 19.0 Å². The SMILES string of the molecule is C[C@H](NC(=O)N1CCN(S(=O)(=O)c2ccccc2F)CC1)C1CC1. The van der Waals surface area contributed by atoms with Crippen LogP contribution in [0.25, 0.3) is 0 Å². The summed E-state index contributed by atoms with van der Waals surface area (Å²) in [6, 6.07) is 5.35. The van der Waals surface area contributed by atoms with E-state index in [1.54, 1.807) is 4.90 Å². The van der Waals surface area contributed by atoms with Crippen molar-refractivity contribution in [3.63, 3.8) is 0 Å². The molecule has 1 aliphatic heterocycles. The summed E-state index contributed by atoms with van der Waals surface area (Å²) in [6.45, 7) is 2.94. The Hall–Kier alpha value is -1.67. The van der Waals surface area contributed by atoms with Gasteiger partial charge in [0.05, 0.1) is 0 Å². The highest BCUT2D eigenvalue weighted by Crippen LogP contribution is 2.32. The highest BCUT2D eigenvalue weighted by molar-refractivity contribution is 7.89. The van der Waals surface area contributed by atoms with Gasteiger partial charge in [-0.1, -0.05) is 12.1 Å². The maximum Gasteiger partial charge on any atom is 0.317 e. The number of nitrogens with zero attached hydrogens (tertiary/aromatic N) is 2. The van der Waals surface area contributed by atoms with Crippen LogP contribution in [-0.2, 0) is 10.0 Å². The molecule has 1 N–H and O–H groups in total. The fourth-order valence-electron chi connectivity index (χ4n) is 2.92. The van der Waals surface area contributed by atoms with Crippen molar-refractivity contribution in [2.45, 2.75) is 30.7 Å². The number of sulfonamides is 1. The van der Waals surface area contributed by atoms with Crippen molar-refractivity contribution < 1.29 is 17.6 Å². The Morgan fingerprint density at radius 1 is 1.21 bits per heavy atom. The largest absolute Gasteiger partial charge is 0.335 e. The first kappa shape index (κ1) is 17.2. The number of carbonyl (C=O) groups is 1. The maximum absolute atomic E-state index is 13.8. The molecule has 0 aromatic heterocycles. The van der Waals surface area contributed by atoms with Gasteiger partial charge in [-0.25, -0.2) is 17.6 Å². The molecule has 1 aromatic carbocycles. The van der Waals surface area contributed by atoms with E-state index in [1.165, 1.54) is 22.5 Å². The van der Waals surface area contributed by atoms with Crippen LogP contribution in [-0.4, -0.2) is 55.9 Å². The highest BCUT2D eigenvalue weighted by Gasteiger charge is 2.33. The molecule has 1 aliphatic carbocycles. The number of benzene rings is 1. The van der Waals surface area contributed by atoms with E-state index >= 15 is 0 Å². The van der Waals surface area contributed by atoms with E-state index < -0.39 is 15.8 Å². The number of hydrogen-bond donors (Lipinski definition) is 1. The molecule has 1 saturated carbocycles. The number of piperazine rings is 1. The number of nitrogens with one attached hydrogen (secondary N) is 1. The number of halogens is 1. The summed E-state index contributed by atoms with van der Waals surface area (Å²) in [5.74, 6) is -0.187. The second-order valence-electron chi connectivity index (χ2n) is 6.40. The van der Waals surface area contributed by atoms with Crippen LogP contribution in [0.2, 0.25) is 0 Å². The van der Waals surface area contributed by atoms with Gasteiger partial charge in [-0.15, -0.1) is 0 Å². The minimum absolute atomic E-state index is 0.151. The van der Waals surface area contributed by atoms with E-state index in [4.69, 9.17) is 0 Å². The zero-order valence-corrected chi connectivity index (χ0v) is 14.4. The summed E-state index contributed by atoms with van der Waals surface area (Å²) < 4.78 is 40.1. The number of urea groups is 1. The minimum atomic E-state index is -3.87.